The number of hydrogen-bond donors (Lipinski definition) is 4. The fourth-order valence-corrected chi connectivity index (χ4v) is 4.69. The number of fused-ring (bicyclic) bond motifs is 2. The maximum atomic E-state index is 13.0. The van der Waals surface area contributed by atoms with Crippen molar-refractivity contribution in [3.63, 3.8) is 0 Å². The van der Waals surface area contributed by atoms with Crippen LogP contribution in [0.3, 0.4) is 0 Å². The largest absolute Gasteiger partial charge is 0.491 e. The molecule has 6 rings (SSSR count). The first-order valence-corrected chi connectivity index (χ1v) is 14.2. The Hall–Kier alpha value is -6.16. The number of anilines is 2. The first-order chi connectivity index (χ1) is 22.0. The summed E-state index contributed by atoms with van der Waals surface area (Å²) in [4.78, 5) is 26.1. The van der Waals surface area contributed by atoms with Crippen LogP contribution in [0.4, 0.5) is 11.4 Å². The highest BCUT2D eigenvalue weighted by Crippen LogP contribution is 2.26. The van der Waals surface area contributed by atoms with Gasteiger partial charge in [-0.3, -0.25) is 20.4 Å². The van der Waals surface area contributed by atoms with Gasteiger partial charge in [0.25, 0.3) is 11.8 Å². The van der Waals surface area contributed by atoms with E-state index < -0.39 is 11.8 Å². The van der Waals surface area contributed by atoms with E-state index in [-0.39, 0.29) is 35.4 Å². The van der Waals surface area contributed by atoms with Gasteiger partial charge in [-0.15, -0.1) is 0 Å². The molecule has 0 radical (unpaired) electrons. The molecule has 0 aliphatic carbocycles. The lowest BCUT2D eigenvalue weighted by Crippen LogP contribution is -2.21. The number of benzene rings is 4. The highest BCUT2D eigenvalue weighted by molar-refractivity contribution is 6.06. The average Bonchev–Trinajstić information content (AvgIpc) is 3.05. The van der Waals surface area contributed by atoms with Crippen LogP contribution in [0.1, 0.15) is 27.1 Å². The van der Waals surface area contributed by atoms with Crippen LogP contribution in [0.5, 0.6) is 11.5 Å². The van der Waals surface area contributed by atoms with Gasteiger partial charge in [-0.1, -0.05) is 60.7 Å². The smallest absolute Gasteiger partial charge is 0.261 e. The number of carbonyl (C=O) groups excluding carboxylic acids is 2. The third-order valence-electron chi connectivity index (χ3n) is 6.91. The second kappa shape index (κ2) is 13.0. The van der Waals surface area contributed by atoms with Gasteiger partial charge in [0, 0.05) is 17.2 Å². The topological polar surface area (TPSA) is 151 Å². The summed E-state index contributed by atoms with van der Waals surface area (Å²) >= 11 is 0. The molecule has 6 aromatic rings. The number of nitrogens with one attached hydrogen (secondary N) is 4. The second-order valence-electron chi connectivity index (χ2n) is 10.0. The Balaban J connectivity index is 1.05. The predicted molar refractivity (Wildman–Crippen MR) is 169 cm³/mol. The van der Waals surface area contributed by atoms with Crippen molar-refractivity contribution >= 4 is 45.1 Å². The molecule has 2 heterocycles. The van der Waals surface area contributed by atoms with Crippen LogP contribution < -0.4 is 31.2 Å². The van der Waals surface area contributed by atoms with Crippen LogP contribution in [0.15, 0.2) is 118 Å². The summed E-state index contributed by atoms with van der Waals surface area (Å²) in [5.74, 6) is -0.0329. The molecule has 10 heteroatoms. The lowest BCUT2D eigenvalue weighted by molar-refractivity contribution is 0.101. The number of carbonyl (C=O) groups is 2. The highest BCUT2D eigenvalue weighted by Gasteiger charge is 2.16. The minimum absolute atomic E-state index is 0.108. The van der Waals surface area contributed by atoms with Gasteiger partial charge >= 0.3 is 0 Å². The molecule has 0 fully saturated rings. The van der Waals surface area contributed by atoms with Crippen LogP contribution in [0, 0.1) is 10.8 Å². The Kier molecular flexibility index (Phi) is 8.36. The van der Waals surface area contributed by atoms with Gasteiger partial charge in [-0.2, -0.15) is 0 Å². The molecule has 4 aromatic carbocycles. The molecule has 0 aliphatic heterocycles. The number of hydrogen-bond acceptors (Lipinski definition) is 8. The number of ether oxygens (including phenoxy) is 2. The lowest BCUT2D eigenvalue weighted by Gasteiger charge is -2.14. The molecule has 0 saturated carbocycles. The Labute approximate surface area is 256 Å². The zero-order valence-electron chi connectivity index (χ0n) is 24.0. The van der Waals surface area contributed by atoms with Crippen molar-refractivity contribution in [3.8, 4) is 11.5 Å². The van der Waals surface area contributed by atoms with Crippen molar-refractivity contribution in [1.29, 1.82) is 10.8 Å². The van der Waals surface area contributed by atoms with Gasteiger partial charge in [-0.25, -0.2) is 0 Å². The minimum atomic E-state index is -0.484. The Bertz CT molecular complexity index is 2000. The molecule has 0 aliphatic rings. The Morgan fingerprint density at radius 3 is 1.44 bits per heavy atom. The van der Waals surface area contributed by atoms with E-state index in [2.05, 4.69) is 10.6 Å². The molecule has 0 spiro atoms. The first kappa shape index (κ1) is 28.9. The maximum Gasteiger partial charge on any atom is 0.261 e. The lowest BCUT2D eigenvalue weighted by atomic mass is 10.1. The van der Waals surface area contributed by atoms with E-state index in [0.717, 1.165) is 10.8 Å². The SMILES string of the molecule is N=c1oc2ccccc2cc1C(=O)Nc1ccccc1OCCCOc1ccccc1NC(=O)c1cc2ccccc2oc1=N. The molecule has 224 valence electrons. The van der Waals surface area contributed by atoms with E-state index in [1.54, 1.807) is 84.9 Å². The summed E-state index contributed by atoms with van der Waals surface area (Å²) in [5, 5.41) is 23.4. The first-order valence-electron chi connectivity index (χ1n) is 14.2. The van der Waals surface area contributed by atoms with Crippen LogP contribution in [0.25, 0.3) is 21.9 Å². The monoisotopic (exact) mass is 600 g/mol. The normalized spacial score (nSPS) is 10.8. The van der Waals surface area contributed by atoms with E-state index in [0.29, 0.717) is 40.5 Å². The standard InChI is InChI=1S/C35H28N4O6/c36-32-24(20-22-10-1-5-14-28(22)44-32)34(40)38-26-12-3-7-16-30(26)42-18-9-19-43-31-17-8-4-13-27(31)39-35(41)25-21-23-11-2-6-15-29(23)45-33(25)37/h1-8,10-17,20-21,36-37H,9,18-19H2,(H,38,40)(H,39,41). The van der Waals surface area contributed by atoms with Crippen LogP contribution in [0.2, 0.25) is 0 Å². The summed E-state index contributed by atoms with van der Waals surface area (Å²) in [6.07, 6.45) is 0.505. The van der Waals surface area contributed by atoms with E-state index in [4.69, 9.17) is 29.1 Å². The van der Waals surface area contributed by atoms with Gasteiger partial charge in [0.1, 0.15) is 33.8 Å². The van der Waals surface area contributed by atoms with E-state index in [1.807, 2.05) is 24.3 Å². The molecule has 10 nitrogen and oxygen atoms in total. The molecule has 0 unspecified atom stereocenters. The minimum Gasteiger partial charge on any atom is -0.491 e. The van der Waals surface area contributed by atoms with Crippen LogP contribution in [-0.4, -0.2) is 25.0 Å². The third-order valence-corrected chi connectivity index (χ3v) is 6.91. The summed E-state index contributed by atoms with van der Waals surface area (Å²) < 4.78 is 22.9. The van der Waals surface area contributed by atoms with Crippen molar-refractivity contribution in [2.75, 3.05) is 23.8 Å². The number of rotatable bonds is 10. The molecule has 0 saturated heterocycles. The maximum absolute atomic E-state index is 13.0. The van der Waals surface area contributed by atoms with E-state index in [1.165, 1.54) is 0 Å². The fraction of sp³-hybridized carbons (Fsp3) is 0.0857. The fourth-order valence-electron chi connectivity index (χ4n) is 4.69. The van der Waals surface area contributed by atoms with Crippen molar-refractivity contribution < 1.29 is 27.9 Å². The number of amides is 2. The summed E-state index contributed by atoms with van der Waals surface area (Å²) in [5.41, 5.74) is 1.72. The quantitative estimate of drug-likeness (QED) is 0.132. The molecular formula is C35H28N4O6. The predicted octanol–water partition coefficient (Wildman–Crippen LogP) is 6.49. The van der Waals surface area contributed by atoms with Gasteiger partial charge in [-0.05, 0) is 48.5 Å². The zero-order chi connectivity index (χ0) is 31.2. The van der Waals surface area contributed by atoms with Crippen molar-refractivity contribution in [3.05, 3.63) is 131 Å². The van der Waals surface area contributed by atoms with Gasteiger partial charge in [0.05, 0.1) is 24.6 Å². The highest BCUT2D eigenvalue weighted by atomic mass is 16.5. The molecule has 0 atom stereocenters. The second-order valence-corrected chi connectivity index (χ2v) is 10.0. The van der Waals surface area contributed by atoms with Crippen molar-refractivity contribution in [2.24, 2.45) is 0 Å². The Morgan fingerprint density at radius 1 is 0.578 bits per heavy atom. The van der Waals surface area contributed by atoms with Gasteiger partial charge in [0.15, 0.2) is 0 Å². The zero-order valence-corrected chi connectivity index (χ0v) is 24.0. The van der Waals surface area contributed by atoms with Crippen LogP contribution >= 0.6 is 0 Å². The van der Waals surface area contributed by atoms with Crippen LogP contribution in [-0.2, 0) is 0 Å². The summed E-state index contributed by atoms with van der Waals surface area (Å²) in [7, 11) is 0. The van der Waals surface area contributed by atoms with E-state index >= 15 is 0 Å². The van der Waals surface area contributed by atoms with Gasteiger partial charge in [0.2, 0.25) is 11.1 Å². The van der Waals surface area contributed by atoms with Crippen molar-refractivity contribution in [1.82, 2.24) is 0 Å². The molecule has 4 N–H and O–H groups in total. The van der Waals surface area contributed by atoms with Gasteiger partial charge < -0.3 is 28.9 Å². The summed E-state index contributed by atoms with van der Waals surface area (Å²) in [6.45, 7) is 0.578. The van der Waals surface area contributed by atoms with Crippen molar-refractivity contribution in [2.45, 2.75) is 6.42 Å². The molecule has 0 bridgehead atoms. The molecular weight excluding hydrogens is 572 g/mol. The third kappa shape index (κ3) is 6.60. The molecule has 45 heavy (non-hydrogen) atoms. The summed E-state index contributed by atoms with van der Waals surface area (Å²) in [6, 6.07) is 31.7. The van der Waals surface area contributed by atoms with E-state index in [9.17, 15) is 9.59 Å². The average molecular weight is 601 g/mol. The molecule has 2 amide bonds. The molecule has 2 aromatic heterocycles. The Morgan fingerprint density at radius 2 is 0.978 bits per heavy atom. The number of para-hydroxylation sites is 6.